The van der Waals surface area contributed by atoms with Gasteiger partial charge in [0.25, 0.3) is 0 Å². The Morgan fingerprint density at radius 2 is 2.13 bits per heavy atom. The largest absolute Gasteiger partial charge is 0.356 e. The highest BCUT2D eigenvalue weighted by Crippen LogP contribution is 2.23. The van der Waals surface area contributed by atoms with E-state index in [1.54, 1.807) is 6.07 Å². The molecule has 1 heterocycles. The zero-order valence-corrected chi connectivity index (χ0v) is 15.6. The van der Waals surface area contributed by atoms with Crippen LogP contribution in [-0.2, 0) is 11.2 Å². The topological polar surface area (TPSA) is 41.1 Å². The first-order chi connectivity index (χ1) is 10.6. The van der Waals surface area contributed by atoms with Crippen molar-refractivity contribution < 1.29 is 4.79 Å². The molecule has 0 bridgehead atoms. The van der Waals surface area contributed by atoms with Gasteiger partial charge < -0.3 is 10.6 Å². The van der Waals surface area contributed by atoms with Crippen LogP contribution in [0.15, 0.2) is 18.2 Å². The third kappa shape index (κ3) is 7.75. The van der Waals surface area contributed by atoms with E-state index in [1.165, 1.54) is 12.8 Å². The molecule has 1 aliphatic rings. The van der Waals surface area contributed by atoms with E-state index in [4.69, 9.17) is 23.2 Å². The maximum absolute atomic E-state index is 11.8. The van der Waals surface area contributed by atoms with E-state index in [2.05, 4.69) is 10.6 Å². The van der Waals surface area contributed by atoms with E-state index in [-0.39, 0.29) is 18.3 Å². The predicted octanol–water partition coefficient (Wildman–Crippen LogP) is 4.24. The van der Waals surface area contributed by atoms with E-state index in [0.717, 1.165) is 44.5 Å². The smallest absolute Gasteiger partial charge is 0.220 e. The first-order valence-corrected chi connectivity index (χ1v) is 8.82. The van der Waals surface area contributed by atoms with Crippen molar-refractivity contribution in [2.75, 3.05) is 19.6 Å². The maximum Gasteiger partial charge on any atom is 0.220 e. The monoisotopic (exact) mass is 378 g/mol. The number of aryl methyl sites for hydroxylation is 1. The summed E-state index contributed by atoms with van der Waals surface area (Å²) < 4.78 is 0. The molecule has 0 spiro atoms. The molecule has 3 nitrogen and oxygen atoms in total. The van der Waals surface area contributed by atoms with E-state index < -0.39 is 0 Å². The fourth-order valence-electron chi connectivity index (χ4n) is 2.82. The third-order valence-corrected chi connectivity index (χ3v) is 4.87. The summed E-state index contributed by atoms with van der Waals surface area (Å²) in [5, 5.41) is 7.57. The summed E-state index contributed by atoms with van der Waals surface area (Å²) in [5.41, 5.74) is 1.12. The maximum atomic E-state index is 11.8. The summed E-state index contributed by atoms with van der Waals surface area (Å²) in [6.45, 7) is 3.02. The summed E-state index contributed by atoms with van der Waals surface area (Å²) in [6, 6.07) is 5.64. The quantitative estimate of drug-likeness (QED) is 0.744. The van der Waals surface area contributed by atoms with Gasteiger partial charge in [0.1, 0.15) is 0 Å². The van der Waals surface area contributed by atoms with Crippen LogP contribution in [0.2, 0.25) is 10.0 Å². The van der Waals surface area contributed by atoms with Gasteiger partial charge in [-0.3, -0.25) is 4.79 Å². The number of nitrogens with one attached hydrogen (secondary N) is 2. The molecule has 1 aliphatic heterocycles. The molecule has 1 saturated heterocycles. The van der Waals surface area contributed by atoms with Crippen molar-refractivity contribution in [3.05, 3.63) is 33.8 Å². The Bertz CT molecular complexity index is 491. The molecular weight excluding hydrogens is 355 g/mol. The second-order valence-electron chi connectivity index (χ2n) is 5.95. The van der Waals surface area contributed by atoms with Crippen LogP contribution >= 0.6 is 35.6 Å². The van der Waals surface area contributed by atoms with Gasteiger partial charge in [-0.1, -0.05) is 29.3 Å². The van der Waals surface area contributed by atoms with Gasteiger partial charge in [0.2, 0.25) is 5.91 Å². The van der Waals surface area contributed by atoms with Gasteiger partial charge in [0.15, 0.2) is 0 Å². The van der Waals surface area contributed by atoms with Gasteiger partial charge >= 0.3 is 0 Å². The molecule has 6 heteroatoms. The van der Waals surface area contributed by atoms with Gasteiger partial charge in [0.05, 0.1) is 10.0 Å². The highest BCUT2D eigenvalue weighted by atomic mass is 35.5. The van der Waals surface area contributed by atoms with Crippen LogP contribution < -0.4 is 10.6 Å². The van der Waals surface area contributed by atoms with E-state index in [1.807, 2.05) is 12.1 Å². The van der Waals surface area contributed by atoms with Crippen molar-refractivity contribution in [3.8, 4) is 0 Å². The summed E-state index contributed by atoms with van der Waals surface area (Å²) in [7, 11) is 0. The molecule has 1 aromatic carbocycles. The molecule has 1 aromatic rings. The number of piperidine rings is 1. The van der Waals surface area contributed by atoms with Crippen molar-refractivity contribution in [2.24, 2.45) is 5.92 Å². The molecule has 1 fully saturated rings. The lowest BCUT2D eigenvalue weighted by Gasteiger charge is -2.22. The number of carbonyl (C=O) groups excluding carboxylic acids is 1. The number of hydrogen-bond acceptors (Lipinski definition) is 2. The molecule has 0 aliphatic carbocycles. The Morgan fingerprint density at radius 3 is 2.83 bits per heavy atom. The van der Waals surface area contributed by atoms with Gasteiger partial charge in [0, 0.05) is 13.0 Å². The standard InChI is InChI=1S/C17H24Cl2N2O.ClH/c18-15-7-6-13(11-16(15)19)3-1-5-17(22)21-10-8-14-4-2-9-20-12-14;/h6-7,11,14,20H,1-5,8-10,12H2,(H,21,22);1H. The minimum Gasteiger partial charge on any atom is -0.356 e. The highest BCUT2D eigenvalue weighted by molar-refractivity contribution is 6.42. The Kier molecular flexibility index (Phi) is 9.96. The number of carbonyl (C=O) groups is 1. The Labute approximate surface area is 154 Å². The van der Waals surface area contributed by atoms with Crippen LogP contribution in [-0.4, -0.2) is 25.5 Å². The Morgan fingerprint density at radius 1 is 1.30 bits per heavy atom. The van der Waals surface area contributed by atoms with Crippen molar-refractivity contribution in [1.29, 1.82) is 0 Å². The molecular formula is C17H25Cl3N2O. The van der Waals surface area contributed by atoms with Gasteiger partial charge in [-0.25, -0.2) is 0 Å². The number of benzene rings is 1. The van der Waals surface area contributed by atoms with Crippen molar-refractivity contribution in [3.63, 3.8) is 0 Å². The Balaban J connectivity index is 0.00000264. The van der Waals surface area contributed by atoms with Crippen LogP contribution in [0.25, 0.3) is 0 Å². The summed E-state index contributed by atoms with van der Waals surface area (Å²) in [6.07, 6.45) is 5.84. The van der Waals surface area contributed by atoms with Crippen LogP contribution in [0.1, 0.15) is 37.7 Å². The summed E-state index contributed by atoms with van der Waals surface area (Å²) in [5.74, 6) is 0.856. The highest BCUT2D eigenvalue weighted by Gasteiger charge is 2.12. The minimum atomic E-state index is 0. The number of rotatable bonds is 7. The molecule has 0 radical (unpaired) electrons. The zero-order chi connectivity index (χ0) is 15.8. The molecule has 1 amide bonds. The predicted molar refractivity (Wildman–Crippen MR) is 99.9 cm³/mol. The van der Waals surface area contributed by atoms with Crippen LogP contribution in [0.5, 0.6) is 0 Å². The molecule has 2 rings (SSSR count). The first-order valence-electron chi connectivity index (χ1n) is 8.06. The second kappa shape index (κ2) is 11.1. The van der Waals surface area contributed by atoms with Crippen LogP contribution in [0, 0.1) is 5.92 Å². The van der Waals surface area contributed by atoms with Gasteiger partial charge in [-0.05, 0) is 68.8 Å². The normalized spacial score (nSPS) is 17.4. The first kappa shape index (κ1) is 20.6. The zero-order valence-electron chi connectivity index (χ0n) is 13.2. The molecule has 23 heavy (non-hydrogen) atoms. The van der Waals surface area contributed by atoms with Crippen molar-refractivity contribution in [2.45, 2.75) is 38.5 Å². The summed E-state index contributed by atoms with van der Waals surface area (Å²) >= 11 is 11.9. The third-order valence-electron chi connectivity index (χ3n) is 4.13. The summed E-state index contributed by atoms with van der Waals surface area (Å²) in [4.78, 5) is 11.8. The number of hydrogen-bond donors (Lipinski definition) is 2. The molecule has 130 valence electrons. The fourth-order valence-corrected chi connectivity index (χ4v) is 3.14. The number of amides is 1. The lowest BCUT2D eigenvalue weighted by atomic mass is 9.96. The molecule has 2 N–H and O–H groups in total. The molecule has 1 unspecified atom stereocenters. The second-order valence-corrected chi connectivity index (χ2v) is 6.77. The van der Waals surface area contributed by atoms with E-state index in [0.29, 0.717) is 22.4 Å². The average Bonchev–Trinajstić information content (AvgIpc) is 2.52. The van der Waals surface area contributed by atoms with E-state index in [9.17, 15) is 4.79 Å². The van der Waals surface area contributed by atoms with Gasteiger partial charge in [-0.15, -0.1) is 12.4 Å². The van der Waals surface area contributed by atoms with Crippen molar-refractivity contribution in [1.82, 2.24) is 10.6 Å². The van der Waals surface area contributed by atoms with Gasteiger partial charge in [-0.2, -0.15) is 0 Å². The van der Waals surface area contributed by atoms with E-state index >= 15 is 0 Å². The minimum absolute atomic E-state index is 0. The lowest BCUT2D eigenvalue weighted by molar-refractivity contribution is -0.121. The molecule has 1 atom stereocenters. The van der Waals surface area contributed by atoms with Crippen molar-refractivity contribution >= 4 is 41.5 Å². The Hall–Kier alpha value is -0.480. The molecule has 0 aromatic heterocycles. The number of halogens is 3. The fraction of sp³-hybridized carbons (Fsp3) is 0.588. The van der Waals surface area contributed by atoms with Crippen LogP contribution in [0.3, 0.4) is 0 Å². The van der Waals surface area contributed by atoms with Crippen LogP contribution in [0.4, 0.5) is 0 Å². The SMILES string of the molecule is Cl.O=C(CCCc1ccc(Cl)c(Cl)c1)NCCC1CCCNC1. The molecule has 0 saturated carbocycles. The average molecular weight is 380 g/mol. The lowest BCUT2D eigenvalue weighted by Crippen LogP contribution is -2.33.